The number of carbonyl (C=O) groups is 1. The summed E-state index contributed by atoms with van der Waals surface area (Å²) in [6.07, 6.45) is 2.68. The highest BCUT2D eigenvalue weighted by Crippen LogP contribution is 2.42. The quantitative estimate of drug-likeness (QED) is 0.435. The van der Waals surface area contributed by atoms with Crippen LogP contribution in [-0.2, 0) is 14.3 Å². The molecule has 2 rings (SSSR count). The molecule has 1 aliphatic heterocycles. The smallest absolute Gasteiger partial charge is 0.309 e. The third-order valence-corrected chi connectivity index (χ3v) is 2.97. The Labute approximate surface area is 72.0 Å². The molecule has 0 spiro atoms. The minimum Gasteiger partial charge on any atom is -0.469 e. The molecule has 0 N–H and O–H groups in total. The summed E-state index contributed by atoms with van der Waals surface area (Å²) in [4.78, 5) is 11.3. The first kappa shape index (κ1) is 8.05. The van der Waals surface area contributed by atoms with E-state index in [-0.39, 0.29) is 11.9 Å². The summed E-state index contributed by atoms with van der Waals surface area (Å²) in [5.41, 5.74) is 0. The van der Waals surface area contributed by atoms with Crippen molar-refractivity contribution in [1.82, 2.24) is 0 Å². The summed E-state index contributed by atoms with van der Waals surface area (Å²) in [6.45, 7) is 2.10. The maximum absolute atomic E-state index is 11.3. The van der Waals surface area contributed by atoms with E-state index < -0.39 is 0 Å². The topological polar surface area (TPSA) is 38.8 Å². The number of carbonyl (C=O) groups excluding carboxylic acids is 1. The minimum absolute atomic E-state index is 0.0683. The first-order valence-corrected chi connectivity index (χ1v) is 4.45. The maximum atomic E-state index is 11.3. The van der Waals surface area contributed by atoms with Crippen molar-refractivity contribution in [3.63, 3.8) is 0 Å². The Morgan fingerprint density at radius 3 is 2.75 bits per heavy atom. The van der Waals surface area contributed by atoms with E-state index in [2.05, 4.69) is 6.92 Å². The lowest BCUT2D eigenvalue weighted by molar-refractivity contribution is -0.148. The molecule has 1 heterocycles. The van der Waals surface area contributed by atoms with Crippen LogP contribution < -0.4 is 0 Å². The molecule has 0 aromatic carbocycles. The molecule has 3 heteroatoms. The first-order valence-electron chi connectivity index (χ1n) is 4.45. The summed E-state index contributed by atoms with van der Waals surface area (Å²) in [5.74, 6) is 0.413. The predicted molar refractivity (Wildman–Crippen MR) is 42.6 cm³/mol. The van der Waals surface area contributed by atoms with Crippen molar-refractivity contribution in [2.24, 2.45) is 11.8 Å². The Kier molecular flexibility index (Phi) is 1.83. The zero-order chi connectivity index (χ0) is 8.72. The van der Waals surface area contributed by atoms with Crippen LogP contribution in [0.3, 0.4) is 0 Å². The molecule has 2 fully saturated rings. The van der Waals surface area contributed by atoms with Gasteiger partial charge in [0.25, 0.3) is 0 Å². The monoisotopic (exact) mass is 170 g/mol. The van der Waals surface area contributed by atoms with Gasteiger partial charge in [0.15, 0.2) is 0 Å². The molecule has 1 saturated carbocycles. The first-order chi connectivity index (χ1) is 5.72. The van der Waals surface area contributed by atoms with Gasteiger partial charge in [-0.05, 0) is 18.8 Å². The maximum Gasteiger partial charge on any atom is 0.309 e. The van der Waals surface area contributed by atoms with Gasteiger partial charge in [-0.15, -0.1) is 0 Å². The van der Waals surface area contributed by atoms with Crippen molar-refractivity contribution in [2.45, 2.75) is 32.0 Å². The highest BCUT2D eigenvalue weighted by Gasteiger charge is 2.49. The van der Waals surface area contributed by atoms with Crippen LogP contribution >= 0.6 is 0 Å². The van der Waals surface area contributed by atoms with Crippen LogP contribution in [-0.4, -0.2) is 25.3 Å². The van der Waals surface area contributed by atoms with E-state index in [1.807, 2.05) is 0 Å². The van der Waals surface area contributed by atoms with Gasteiger partial charge in [0.05, 0.1) is 25.2 Å². The Balaban J connectivity index is 1.99. The fourth-order valence-corrected chi connectivity index (χ4v) is 2.09. The van der Waals surface area contributed by atoms with Gasteiger partial charge < -0.3 is 9.47 Å². The highest BCUT2D eigenvalue weighted by atomic mass is 16.6. The molecule has 0 amide bonds. The summed E-state index contributed by atoms with van der Waals surface area (Å²) >= 11 is 0. The molecular weight excluding hydrogens is 156 g/mol. The third kappa shape index (κ3) is 1.22. The lowest BCUT2D eigenvalue weighted by Gasteiger charge is -2.23. The van der Waals surface area contributed by atoms with Gasteiger partial charge in [-0.25, -0.2) is 0 Å². The largest absolute Gasteiger partial charge is 0.469 e. The summed E-state index contributed by atoms with van der Waals surface area (Å²) in [5, 5.41) is 0. The SMILES string of the molecule is COC(=O)C1CC2OC2CC1C. The average molecular weight is 170 g/mol. The van der Waals surface area contributed by atoms with E-state index >= 15 is 0 Å². The highest BCUT2D eigenvalue weighted by molar-refractivity contribution is 5.72. The Hall–Kier alpha value is -0.570. The Morgan fingerprint density at radius 2 is 2.08 bits per heavy atom. The summed E-state index contributed by atoms with van der Waals surface area (Å²) < 4.78 is 10.1. The molecule has 0 aromatic rings. The van der Waals surface area contributed by atoms with Crippen LogP contribution in [0.15, 0.2) is 0 Å². The number of epoxide rings is 1. The fraction of sp³-hybridized carbons (Fsp3) is 0.889. The molecule has 2 aliphatic rings. The van der Waals surface area contributed by atoms with E-state index in [9.17, 15) is 4.79 Å². The lowest BCUT2D eigenvalue weighted by atomic mass is 9.80. The summed E-state index contributed by atoms with van der Waals surface area (Å²) in [6, 6.07) is 0. The zero-order valence-electron chi connectivity index (χ0n) is 7.45. The standard InChI is InChI=1S/C9H14O3/c1-5-3-7-8(12-7)4-6(5)9(10)11-2/h5-8H,3-4H2,1-2H3. The second-order valence-electron chi connectivity index (χ2n) is 3.79. The van der Waals surface area contributed by atoms with Gasteiger partial charge >= 0.3 is 5.97 Å². The molecule has 4 atom stereocenters. The predicted octanol–water partition coefficient (Wildman–Crippen LogP) is 0.973. The van der Waals surface area contributed by atoms with Crippen LogP contribution in [0, 0.1) is 11.8 Å². The van der Waals surface area contributed by atoms with E-state index in [0.717, 1.165) is 12.8 Å². The molecule has 0 aromatic heterocycles. The van der Waals surface area contributed by atoms with Crippen molar-refractivity contribution in [2.75, 3.05) is 7.11 Å². The number of hydrogen-bond acceptors (Lipinski definition) is 3. The number of fused-ring (bicyclic) bond motifs is 1. The van der Waals surface area contributed by atoms with Gasteiger partial charge in [-0.3, -0.25) is 4.79 Å². The Morgan fingerprint density at radius 1 is 1.42 bits per heavy atom. The van der Waals surface area contributed by atoms with Crippen molar-refractivity contribution in [3.8, 4) is 0 Å². The normalized spacial score (nSPS) is 44.8. The van der Waals surface area contributed by atoms with Crippen LogP contribution in [0.4, 0.5) is 0 Å². The number of esters is 1. The zero-order valence-corrected chi connectivity index (χ0v) is 7.45. The van der Waals surface area contributed by atoms with Gasteiger partial charge in [-0.1, -0.05) is 6.92 Å². The molecular formula is C9H14O3. The minimum atomic E-state index is -0.0727. The van der Waals surface area contributed by atoms with Gasteiger partial charge in [-0.2, -0.15) is 0 Å². The molecule has 68 valence electrons. The molecule has 0 bridgehead atoms. The molecule has 0 radical (unpaired) electrons. The van der Waals surface area contributed by atoms with Crippen LogP contribution in [0.1, 0.15) is 19.8 Å². The number of methoxy groups -OCH3 is 1. The molecule has 1 aliphatic carbocycles. The van der Waals surface area contributed by atoms with Gasteiger partial charge in [0, 0.05) is 0 Å². The van der Waals surface area contributed by atoms with E-state index in [1.165, 1.54) is 7.11 Å². The number of hydrogen-bond donors (Lipinski definition) is 0. The van der Waals surface area contributed by atoms with Crippen molar-refractivity contribution < 1.29 is 14.3 Å². The molecule has 1 saturated heterocycles. The third-order valence-electron chi connectivity index (χ3n) is 2.97. The fourth-order valence-electron chi connectivity index (χ4n) is 2.09. The Bertz CT molecular complexity index is 202. The molecule has 12 heavy (non-hydrogen) atoms. The van der Waals surface area contributed by atoms with E-state index in [4.69, 9.17) is 9.47 Å². The van der Waals surface area contributed by atoms with E-state index in [0.29, 0.717) is 18.1 Å². The van der Waals surface area contributed by atoms with Crippen molar-refractivity contribution >= 4 is 5.97 Å². The number of rotatable bonds is 1. The van der Waals surface area contributed by atoms with Crippen LogP contribution in [0.2, 0.25) is 0 Å². The second kappa shape index (κ2) is 2.73. The van der Waals surface area contributed by atoms with Crippen molar-refractivity contribution in [1.29, 1.82) is 0 Å². The molecule has 4 unspecified atom stereocenters. The average Bonchev–Trinajstić information content (AvgIpc) is 2.79. The number of ether oxygens (including phenoxy) is 2. The molecule has 3 nitrogen and oxygen atoms in total. The van der Waals surface area contributed by atoms with Crippen LogP contribution in [0.25, 0.3) is 0 Å². The van der Waals surface area contributed by atoms with E-state index in [1.54, 1.807) is 0 Å². The second-order valence-corrected chi connectivity index (χ2v) is 3.79. The van der Waals surface area contributed by atoms with Crippen molar-refractivity contribution in [3.05, 3.63) is 0 Å². The van der Waals surface area contributed by atoms with Crippen LogP contribution in [0.5, 0.6) is 0 Å². The summed E-state index contributed by atoms with van der Waals surface area (Å²) in [7, 11) is 1.45. The van der Waals surface area contributed by atoms with Gasteiger partial charge in [0.2, 0.25) is 0 Å². The lowest BCUT2D eigenvalue weighted by Crippen LogP contribution is -2.29. The van der Waals surface area contributed by atoms with Gasteiger partial charge in [0.1, 0.15) is 0 Å².